The lowest BCUT2D eigenvalue weighted by atomic mass is 10.2. The number of methoxy groups -OCH3 is 2. The maximum absolute atomic E-state index is 13.3. The van der Waals surface area contributed by atoms with Crippen molar-refractivity contribution in [3.8, 4) is 11.5 Å². The number of non-ortho nitro benzene ring substituents is 1. The zero-order chi connectivity index (χ0) is 24.0. The van der Waals surface area contributed by atoms with Gasteiger partial charge in [-0.3, -0.25) is 19.2 Å². The fraction of sp³-hybridized carbons (Fsp3) is 0.136. The number of benzene rings is 3. The molecule has 0 atom stereocenters. The van der Waals surface area contributed by atoms with E-state index < -0.39 is 27.4 Å². The molecular formula is C22H21N3O7S. The van der Waals surface area contributed by atoms with Gasteiger partial charge < -0.3 is 14.8 Å². The van der Waals surface area contributed by atoms with Gasteiger partial charge in [0.2, 0.25) is 5.91 Å². The third-order valence-corrected chi connectivity index (χ3v) is 6.40. The number of nitro benzene ring substituents is 1. The summed E-state index contributed by atoms with van der Waals surface area (Å²) in [5.74, 6) is 0.177. The molecular weight excluding hydrogens is 450 g/mol. The Morgan fingerprint density at radius 3 is 2.30 bits per heavy atom. The van der Waals surface area contributed by atoms with Crippen LogP contribution in [0.4, 0.5) is 17.1 Å². The van der Waals surface area contributed by atoms with Crippen LogP contribution < -0.4 is 19.1 Å². The molecule has 33 heavy (non-hydrogen) atoms. The summed E-state index contributed by atoms with van der Waals surface area (Å²) >= 11 is 0. The minimum absolute atomic E-state index is 0.0180. The fourth-order valence-corrected chi connectivity index (χ4v) is 4.48. The Morgan fingerprint density at radius 1 is 0.970 bits per heavy atom. The van der Waals surface area contributed by atoms with Crippen LogP contribution in [0.1, 0.15) is 0 Å². The summed E-state index contributed by atoms with van der Waals surface area (Å²) in [5.41, 5.74) is 0.0327. The van der Waals surface area contributed by atoms with Gasteiger partial charge in [-0.2, -0.15) is 0 Å². The molecule has 0 saturated heterocycles. The standard InChI is InChI=1S/C22H21N3O7S/c1-31-20-12-11-16(13-21(20)32-2)23-22(26)15-24(17-7-6-8-18(14-17)25(27)28)33(29,30)19-9-4-3-5-10-19/h3-14H,15H2,1-2H3,(H,23,26). The number of amides is 1. The first-order valence-electron chi connectivity index (χ1n) is 9.60. The Labute approximate surface area is 190 Å². The second kappa shape index (κ2) is 10.0. The highest BCUT2D eigenvalue weighted by molar-refractivity contribution is 7.92. The molecule has 172 valence electrons. The number of sulfonamides is 1. The van der Waals surface area contributed by atoms with Crippen LogP contribution >= 0.6 is 0 Å². The largest absolute Gasteiger partial charge is 0.493 e. The van der Waals surface area contributed by atoms with E-state index in [0.717, 1.165) is 10.4 Å². The highest BCUT2D eigenvalue weighted by Gasteiger charge is 2.28. The maximum atomic E-state index is 13.3. The van der Waals surface area contributed by atoms with Gasteiger partial charge in [0, 0.05) is 23.9 Å². The summed E-state index contributed by atoms with van der Waals surface area (Å²) in [7, 11) is -1.28. The number of nitro groups is 1. The molecule has 0 aromatic heterocycles. The van der Waals surface area contributed by atoms with Crippen molar-refractivity contribution < 1.29 is 27.6 Å². The van der Waals surface area contributed by atoms with Crippen LogP contribution in [0.2, 0.25) is 0 Å². The van der Waals surface area contributed by atoms with Crippen LogP contribution in [0.5, 0.6) is 11.5 Å². The number of rotatable bonds is 9. The molecule has 0 radical (unpaired) electrons. The number of carbonyl (C=O) groups excluding carboxylic acids is 1. The number of nitrogens with zero attached hydrogens (tertiary/aromatic N) is 2. The fourth-order valence-electron chi connectivity index (χ4n) is 3.04. The van der Waals surface area contributed by atoms with Crippen molar-refractivity contribution in [2.45, 2.75) is 4.90 Å². The van der Waals surface area contributed by atoms with E-state index in [-0.39, 0.29) is 16.3 Å². The monoisotopic (exact) mass is 471 g/mol. The molecule has 1 amide bonds. The second-order valence-corrected chi connectivity index (χ2v) is 8.58. The lowest BCUT2D eigenvalue weighted by molar-refractivity contribution is -0.384. The minimum Gasteiger partial charge on any atom is -0.493 e. The van der Waals surface area contributed by atoms with E-state index in [0.29, 0.717) is 17.2 Å². The lowest BCUT2D eigenvalue weighted by Crippen LogP contribution is -2.38. The normalized spacial score (nSPS) is 10.8. The third kappa shape index (κ3) is 5.39. The topological polar surface area (TPSA) is 128 Å². The third-order valence-electron chi connectivity index (χ3n) is 4.61. The molecule has 3 aromatic rings. The Morgan fingerprint density at radius 2 is 1.67 bits per heavy atom. The first-order valence-corrected chi connectivity index (χ1v) is 11.0. The first-order chi connectivity index (χ1) is 15.8. The van der Waals surface area contributed by atoms with Crippen LogP contribution in [0.25, 0.3) is 0 Å². The van der Waals surface area contributed by atoms with Gasteiger partial charge in [0.1, 0.15) is 6.54 Å². The van der Waals surface area contributed by atoms with Crippen molar-refractivity contribution >= 4 is 33.0 Å². The number of hydrogen-bond donors (Lipinski definition) is 1. The van der Waals surface area contributed by atoms with E-state index in [9.17, 15) is 23.3 Å². The van der Waals surface area contributed by atoms with Crippen molar-refractivity contribution in [3.63, 3.8) is 0 Å². The first kappa shape index (κ1) is 23.5. The lowest BCUT2D eigenvalue weighted by Gasteiger charge is -2.24. The van der Waals surface area contributed by atoms with E-state index in [1.165, 1.54) is 50.6 Å². The van der Waals surface area contributed by atoms with Gasteiger partial charge in [-0.1, -0.05) is 24.3 Å². The van der Waals surface area contributed by atoms with E-state index in [4.69, 9.17) is 9.47 Å². The number of ether oxygens (including phenoxy) is 2. The summed E-state index contributed by atoms with van der Waals surface area (Å²) in [5, 5.41) is 13.8. The van der Waals surface area contributed by atoms with Gasteiger partial charge in [-0.25, -0.2) is 8.42 Å². The molecule has 11 heteroatoms. The van der Waals surface area contributed by atoms with E-state index in [2.05, 4.69) is 5.32 Å². The molecule has 1 N–H and O–H groups in total. The molecule has 10 nitrogen and oxygen atoms in total. The zero-order valence-corrected chi connectivity index (χ0v) is 18.6. The molecule has 3 aromatic carbocycles. The molecule has 3 rings (SSSR count). The molecule has 0 unspecified atom stereocenters. The van der Waals surface area contributed by atoms with E-state index >= 15 is 0 Å². The highest BCUT2D eigenvalue weighted by atomic mass is 32.2. The summed E-state index contributed by atoms with van der Waals surface area (Å²) in [6.07, 6.45) is 0. The number of carbonyl (C=O) groups is 1. The zero-order valence-electron chi connectivity index (χ0n) is 17.8. The smallest absolute Gasteiger partial charge is 0.271 e. The molecule has 0 aliphatic heterocycles. The van der Waals surface area contributed by atoms with Gasteiger partial charge >= 0.3 is 0 Å². The molecule has 0 spiro atoms. The van der Waals surface area contributed by atoms with Gasteiger partial charge in [0.25, 0.3) is 15.7 Å². The summed E-state index contributed by atoms with van der Waals surface area (Å²) in [4.78, 5) is 23.3. The summed E-state index contributed by atoms with van der Waals surface area (Å²) in [6, 6.07) is 17.3. The Hall–Kier alpha value is -4.12. The average molecular weight is 471 g/mol. The summed E-state index contributed by atoms with van der Waals surface area (Å²) < 4.78 is 37.8. The predicted octanol–water partition coefficient (Wildman–Crippen LogP) is 3.45. The van der Waals surface area contributed by atoms with Crippen molar-refractivity contribution in [1.82, 2.24) is 0 Å². The van der Waals surface area contributed by atoms with Gasteiger partial charge in [-0.15, -0.1) is 0 Å². The van der Waals surface area contributed by atoms with Crippen LogP contribution in [-0.2, 0) is 14.8 Å². The number of anilines is 2. The Balaban J connectivity index is 1.96. The molecule has 0 fully saturated rings. The number of nitrogens with one attached hydrogen (secondary N) is 1. The van der Waals surface area contributed by atoms with Crippen LogP contribution in [0.3, 0.4) is 0 Å². The van der Waals surface area contributed by atoms with Gasteiger partial charge in [0.05, 0.1) is 29.7 Å². The molecule has 0 aliphatic carbocycles. The van der Waals surface area contributed by atoms with Gasteiger partial charge in [0.15, 0.2) is 11.5 Å². The van der Waals surface area contributed by atoms with E-state index in [1.54, 1.807) is 30.3 Å². The van der Waals surface area contributed by atoms with Crippen LogP contribution in [0.15, 0.2) is 77.7 Å². The summed E-state index contributed by atoms with van der Waals surface area (Å²) in [6.45, 7) is -0.618. The predicted molar refractivity (Wildman–Crippen MR) is 122 cm³/mol. The number of hydrogen-bond acceptors (Lipinski definition) is 7. The Bertz CT molecular complexity index is 1260. The van der Waals surface area contributed by atoms with Crippen molar-refractivity contribution in [1.29, 1.82) is 0 Å². The molecule has 0 aliphatic rings. The highest BCUT2D eigenvalue weighted by Crippen LogP contribution is 2.30. The molecule has 0 saturated carbocycles. The quantitative estimate of drug-likeness (QED) is 0.374. The second-order valence-electron chi connectivity index (χ2n) is 6.72. The van der Waals surface area contributed by atoms with Crippen molar-refractivity contribution in [3.05, 3.63) is 82.9 Å². The minimum atomic E-state index is -4.20. The molecule has 0 bridgehead atoms. The SMILES string of the molecule is COc1ccc(NC(=O)CN(c2cccc([N+](=O)[O-])c2)S(=O)(=O)c2ccccc2)cc1OC. The van der Waals surface area contributed by atoms with Gasteiger partial charge in [-0.05, 0) is 30.3 Å². The Kier molecular flexibility index (Phi) is 7.13. The van der Waals surface area contributed by atoms with Crippen LogP contribution in [0, 0.1) is 10.1 Å². The maximum Gasteiger partial charge on any atom is 0.271 e. The van der Waals surface area contributed by atoms with Crippen molar-refractivity contribution in [2.75, 3.05) is 30.4 Å². The van der Waals surface area contributed by atoms with E-state index in [1.807, 2.05) is 0 Å². The molecule has 0 heterocycles. The van der Waals surface area contributed by atoms with Crippen molar-refractivity contribution in [2.24, 2.45) is 0 Å². The average Bonchev–Trinajstić information content (AvgIpc) is 2.83. The van der Waals surface area contributed by atoms with Crippen LogP contribution in [-0.4, -0.2) is 40.0 Å².